The standard InChI is InChI=1S/C43H76N2O4/c1-5-8-11-13-16-20-26-37-35(24-19-12-9-6-2)28-27-34(23-10-7-3)36(37)25-21-17-14-15-18-22-29-45(32-46)43(49)38-31-40-39(30-33(38)4)41(47)44-42(40)48/h32-40H,5-31H2,1-4H3,(H,44,47,48). The smallest absolute Gasteiger partial charge is 0.232 e. The van der Waals surface area contributed by atoms with E-state index in [1.54, 1.807) is 0 Å². The van der Waals surface area contributed by atoms with Crippen LogP contribution in [-0.2, 0) is 19.2 Å². The van der Waals surface area contributed by atoms with E-state index >= 15 is 0 Å². The minimum atomic E-state index is -0.427. The van der Waals surface area contributed by atoms with Gasteiger partial charge in [-0.25, -0.2) is 0 Å². The Kier molecular flexibility index (Phi) is 20.2. The maximum atomic E-state index is 13.3. The molecule has 4 amide bonds. The van der Waals surface area contributed by atoms with E-state index in [0.29, 0.717) is 25.8 Å². The molecule has 0 radical (unpaired) electrons. The Morgan fingerprint density at radius 2 is 1.08 bits per heavy atom. The van der Waals surface area contributed by atoms with Gasteiger partial charge in [0.1, 0.15) is 0 Å². The summed E-state index contributed by atoms with van der Waals surface area (Å²) in [6.45, 7) is 9.42. The maximum absolute atomic E-state index is 13.3. The predicted molar refractivity (Wildman–Crippen MR) is 202 cm³/mol. The second kappa shape index (κ2) is 23.7. The van der Waals surface area contributed by atoms with Crippen LogP contribution >= 0.6 is 0 Å². The molecular weight excluding hydrogens is 608 g/mol. The minimum absolute atomic E-state index is 0.0136. The molecule has 0 aromatic carbocycles. The number of nitrogens with one attached hydrogen (secondary N) is 1. The highest BCUT2D eigenvalue weighted by Crippen LogP contribution is 2.48. The zero-order chi connectivity index (χ0) is 35.4. The molecule has 0 aromatic heterocycles. The Morgan fingerprint density at radius 3 is 1.63 bits per heavy atom. The summed E-state index contributed by atoms with van der Waals surface area (Å²) in [5.41, 5.74) is 0. The molecule has 0 aromatic rings. The Labute approximate surface area is 301 Å². The van der Waals surface area contributed by atoms with Crippen molar-refractivity contribution in [3.63, 3.8) is 0 Å². The van der Waals surface area contributed by atoms with Crippen LogP contribution in [0.1, 0.15) is 195 Å². The first-order valence-electron chi connectivity index (χ1n) is 21.5. The second-order valence-electron chi connectivity index (χ2n) is 16.6. The summed E-state index contributed by atoms with van der Waals surface area (Å²) in [7, 11) is 0. The van der Waals surface area contributed by atoms with Crippen LogP contribution in [-0.4, -0.2) is 35.6 Å². The molecule has 1 heterocycles. The van der Waals surface area contributed by atoms with E-state index in [1.807, 2.05) is 6.92 Å². The molecule has 1 N–H and O–H groups in total. The van der Waals surface area contributed by atoms with Gasteiger partial charge in [-0.05, 0) is 74.5 Å². The third kappa shape index (κ3) is 13.4. The normalized spacial score (nSPS) is 28.3. The molecule has 2 saturated carbocycles. The molecule has 8 unspecified atom stereocenters. The summed E-state index contributed by atoms with van der Waals surface area (Å²) < 4.78 is 0. The van der Waals surface area contributed by atoms with E-state index in [1.165, 1.54) is 140 Å². The number of nitrogens with zero attached hydrogens (tertiary/aromatic N) is 1. The van der Waals surface area contributed by atoms with Gasteiger partial charge in [0.15, 0.2) is 0 Å². The molecule has 49 heavy (non-hydrogen) atoms. The van der Waals surface area contributed by atoms with E-state index in [-0.39, 0.29) is 35.5 Å². The van der Waals surface area contributed by atoms with Crippen molar-refractivity contribution >= 4 is 24.1 Å². The largest absolute Gasteiger partial charge is 0.296 e. The third-order valence-electron chi connectivity index (χ3n) is 13.1. The number of hydrogen-bond donors (Lipinski definition) is 1. The molecule has 2 aliphatic carbocycles. The molecule has 1 aliphatic heterocycles. The van der Waals surface area contributed by atoms with Crippen molar-refractivity contribution in [2.24, 2.45) is 47.3 Å². The van der Waals surface area contributed by atoms with Crippen LogP contribution < -0.4 is 5.32 Å². The van der Waals surface area contributed by atoms with E-state index in [4.69, 9.17) is 0 Å². The third-order valence-corrected chi connectivity index (χ3v) is 13.1. The van der Waals surface area contributed by atoms with Gasteiger partial charge >= 0.3 is 0 Å². The summed E-state index contributed by atoms with van der Waals surface area (Å²) in [5.74, 6) is 1.99. The first-order valence-corrected chi connectivity index (χ1v) is 21.5. The van der Waals surface area contributed by atoms with Gasteiger partial charge in [0.25, 0.3) is 0 Å². The molecule has 0 spiro atoms. The van der Waals surface area contributed by atoms with Gasteiger partial charge in [-0.1, -0.05) is 150 Å². The zero-order valence-corrected chi connectivity index (χ0v) is 32.4. The average Bonchev–Trinajstić information content (AvgIpc) is 3.37. The van der Waals surface area contributed by atoms with Crippen LogP contribution in [0.25, 0.3) is 0 Å². The monoisotopic (exact) mass is 685 g/mol. The highest BCUT2D eigenvalue weighted by Gasteiger charge is 2.49. The van der Waals surface area contributed by atoms with Gasteiger partial charge in [0.2, 0.25) is 24.1 Å². The number of imide groups is 2. The van der Waals surface area contributed by atoms with Crippen LogP contribution in [0.4, 0.5) is 0 Å². The lowest BCUT2D eigenvalue weighted by molar-refractivity contribution is -0.145. The second-order valence-corrected chi connectivity index (χ2v) is 16.6. The summed E-state index contributed by atoms with van der Waals surface area (Å²) in [6.07, 6.45) is 33.9. The molecule has 1 saturated heterocycles. The van der Waals surface area contributed by atoms with Crippen molar-refractivity contribution < 1.29 is 19.2 Å². The highest BCUT2D eigenvalue weighted by atomic mass is 16.2. The van der Waals surface area contributed by atoms with Crippen molar-refractivity contribution in [3.05, 3.63) is 0 Å². The lowest BCUT2D eigenvalue weighted by Gasteiger charge is -2.44. The van der Waals surface area contributed by atoms with Crippen LogP contribution in [0.15, 0.2) is 0 Å². The van der Waals surface area contributed by atoms with Crippen molar-refractivity contribution in [3.8, 4) is 0 Å². The van der Waals surface area contributed by atoms with Gasteiger partial charge in [0, 0.05) is 12.5 Å². The molecule has 6 heteroatoms. The topological polar surface area (TPSA) is 83.6 Å². The van der Waals surface area contributed by atoms with E-state index in [9.17, 15) is 19.2 Å². The van der Waals surface area contributed by atoms with Crippen LogP contribution in [0.2, 0.25) is 0 Å². The highest BCUT2D eigenvalue weighted by molar-refractivity contribution is 6.05. The SMILES string of the molecule is CCCCCCCCC1C(CCCCCC)CCC(CCCC)C1CCCCCCCCN(C=O)C(=O)C1CC2C(=O)NC(=O)C2CC1C. The van der Waals surface area contributed by atoms with Gasteiger partial charge in [-0.3, -0.25) is 29.4 Å². The number of amides is 4. The van der Waals surface area contributed by atoms with Crippen molar-refractivity contribution in [2.75, 3.05) is 6.54 Å². The van der Waals surface area contributed by atoms with Gasteiger partial charge in [0.05, 0.1) is 11.8 Å². The molecular formula is C43H76N2O4. The Hall–Kier alpha value is -1.72. The zero-order valence-electron chi connectivity index (χ0n) is 32.4. The van der Waals surface area contributed by atoms with E-state index in [2.05, 4.69) is 26.1 Å². The summed E-state index contributed by atoms with van der Waals surface area (Å²) >= 11 is 0. The van der Waals surface area contributed by atoms with E-state index < -0.39 is 5.92 Å². The lowest BCUT2D eigenvalue weighted by atomic mass is 9.61. The van der Waals surface area contributed by atoms with Crippen LogP contribution in [0.3, 0.4) is 0 Å². The number of carbonyl (C=O) groups is 4. The Bertz CT molecular complexity index is 967. The van der Waals surface area contributed by atoms with Gasteiger partial charge in [-0.2, -0.15) is 0 Å². The Balaban J connectivity index is 1.43. The first kappa shape index (κ1) is 41.7. The summed E-state index contributed by atoms with van der Waals surface area (Å²) in [4.78, 5) is 50.9. The predicted octanol–water partition coefficient (Wildman–Crippen LogP) is 10.8. The van der Waals surface area contributed by atoms with Crippen molar-refractivity contribution in [2.45, 2.75) is 195 Å². The number of rotatable bonds is 26. The average molecular weight is 685 g/mol. The Morgan fingerprint density at radius 1 is 0.633 bits per heavy atom. The molecule has 8 atom stereocenters. The molecule has 282 valence electrons. The fraction of sp³-hybridized carbons (Fsp3) is 0.907. The maximum Gasteiger partial charge on any atom is 0.232 e. The fourth-order valence-corrected chi connectivity index (χ4v) is 10.1. The molecule has 3 aliphatic rings. The van der Waals surface area contributed by atoms with Crippen LogP contribution in [0.5, 0.6) is 0 Å². The molecule has 3 fully saturated rings. The van der Waals surface area contributed by atoms with Gasteiger partial charge in [-0.15, -0.1) is 0 Å². The summed E-state index contributed by atoms with van der Waals surface area (Å²) in [6, 6.07) is 0. The minimum Gasteiger partial charge on any atom is -0.296 e. The van der Waals surface area contributed by atoms with E-state index in [0.717, 1.165) is 42.9 Å². The number of fused-ring (bicyclic) bond motifs is 1. The first-order chi connectivity index (χ1) is 23.9. The molecule has 0 bridgehead atoms. The molecule has 6 nitrogen and oxygen atoms in total. The molecule has 3 rings (SSSR count). The van der Waals surface area contributed by atoms with Crippen molar-refractivity contribution in [1.29, 1.82) is 0 Å². The summed E-state index contributed by atoms with van der Waals surface area (Å²) in [5, 5.41) is 2.43. The number of unbranched alkanes of at least 4 members (excludes halogenated alkanes) is 14. The van der Waals surface area contributed by atoms with Crippen LogP contribution in [0, 0.1) is 47.3 Å². The quantitative estimate of drug-likeness (QED) is 0.0558. The number of hydrogen-bond acceptors (Lipinski definition) is 4. The van der Waals surface area contributed by atoms with Gasteiger partial charge < -0.3 is 0 Å². The fourth-order valence-electron chi connectivity index (χ4n) is 10.1. The lowest BCUT2D eigenvalue weighted by Crippen LogP contribution is -2.43. The van der Waals surface area contributed by atoms with Crippen molar-refractivity contribution in [1.82, 2.24) is 10.2 Å². The number of carbonyl (C=O) groups excluding carboxylic acids is 4.